The summed E-state index contributed by atoms with van der Waals surface area (Å²) in [6.45, 7) is 0.847. The number of amides is 3. The molecule has 28 heavy (non-hydrogen) atoms. The maximum absolute atomic E-state index is 12.2. The van der Waals surface area contributed by atoms with Crippen molar-refractivity contribution in [1.82, 2.24) is 0 Å². The molecule has 8 nitrogen and oxygen atoms in total. The molecule has 0 bridgehead atoms. The van der Waals surface area contributed by atoms with Crippen LogP contribution in [-0.4, -0.2) is 30.3 Å². The van der Waals surface area contributed by atoms with Gasteiger partial charge in [-0.15, -0.1) is 11.3 Å². The minimum Gasteiger partial charge on any atom is -0.452 e. The van der Waals surface area contributed by atoms with E-state index in [9.17, 15) is 19.2 Å². The molecule has 146 valence electrons. The van der Waals surface area contributed by atoms with Crippen molar-refractivity contribution in [2.24, 2.45) is 5.73 Å². The summed E-state index contributed by atoms with van der Waals surface area (Å²) in [7, 11) is 0. The topological polar surface area (TPSA) is 128 Å². The average molecular weight is 401 g/mol. The third-order valence-corrected chi connectivity index (χ3v) is 5.38. The van der Waals surface area contributed by atoms with Crippen molar-refractivity contribution in [1.29, 1.82) is 0 Å². The van der Waals surface area contributed by atoms with Crippen LogP contribution in [0.3, 0.4) is 0 Å². The number of fused-ring (bicyclic) bond motifs is 1. The van der Waals surface area contributed by atoms with Crippen LogP contribution in [-0.2, 0) is 27.2 Å². The van der Waals surface area contributed by atoms with E-state index in [2.05, 4.69) is 10.6 Å². The number of carbonyl (C=O) groups excluding carboxylic acids is 4. The monoisotopic (exact) mass is 401 g/mol. The quantitative estimate of drug-likeness (QED) is 0.639. The maximum atomic E-state index is 12.2. The summed E-state index contributed by atoms with van der Waals surface area (Å²) >= 11 is 1.33. The van der Waals surface area contributed by atoms with Crippen molar-refractivity contribution in [3.05, 3.63) is 45.8 Å². The summed E-state index contributed by atoms with van der Waals surface area (Å²) in [6.07, 6.45) is 2.58. The lowest BCUT2D eigenvalue weighted by molar-refractivity contribution is -0.119. The second-order valence-corrected chi connectivity index (χ2v) is 7.42. The standard InChI is InChI=1S/C19H19N3O5S/c1-10(23)21-12-5-2-4-11(8-12)19(26)27-9-15(24)22-18-16(17(20)25)13-6-3-7-14(13)28-18/h2,4-5,8H,3,6-7,9H2,1H3,(H2,20,25)(H,21,23)(H,22,24). The minimum atomic E-state index is -0.703. The molecule has 1 aromatic carbocycles. The highest BCUT2D eigenvalue weighted by Gasteiger charge is 2.26. The molecule has 0 fully saturated rings. The highest BCUT2D eigenvalue weighted by Crippen LogP contribution is 2.38. The van der Waals surface area contributed by atoms with Crippen LogP contribution in [0.15, 0.2) is 24.3 Å². The number of esters is 1. The first-order valence-electron chi connectivity index (χ1n) is 8.64. The fourth-order valence-corrected chi connectivity index (χ4v) is 4.37. The zero-order chi connectivity index (χ0) is 20.3. The molecular weight excluding hydrogens is 382 g/mol. The maximum Gasteiger partial charge on any atom is 0.338 e. The summed E-state index contributed by atoms with van der Waals surface area (Å²) in [5.41, 5.74) is 7.36. The van der Waals surface area contributed by atoms with Gasteiger partial charge in [-0.2, -0.15) is 0 Å². The molecule has 1 aliphatic rings. The third kappa shape index (κ3) is 4.37. The molecule has 3 rings (SSSR count). The van der Waals surface area contributed by atoms with Crippen molar-refractivity contribution in [2.75, 3.05) is 17.2 Å². The highest BCUT2D eigenvalue weighted by molar-refractivity contribution is 7.17. The molecule has 2 aromatic rings. The Hall–Kier alpha value is -3.20. The van der Waals surface area contributed by atoms with E-state index in [-0.39, 0.29) is 11.5 Å². The highest BCUT2D eigenvalue weighted by atomic mass is 32.1. The molecule has 4 N–H and O–H groups in total. The van der Waals surface area contributed by atoms with E-state index in [1.165, 1.54) is 30.4 Å². The van der Waals surface area contributed by atoms with Gasteiger partial charge in [0.25, 0.3) is 11.8 Å². The molecule has 0 atom stereocenters. The van der Waals surface area contributed by atoms with E-state index in [0.29, 0.717) is 16.3 Å². The number of aryl methyl sites for hydroxylation is 1. The van der Waals surface area contributed by atoms with Crippen molar-refractivity contribution < 1.29 is 23.9 Å². The molecule has 0 saturated carbocycles. The Labute approximate surface area is 165 Å². The number of rotatable bonds is 6. The number of nitrogens with one attached hydrogen (secondary N) is 2. The lowest BCUT2D eigenvalue weighted by atomic mass is 10.1. The Morgan fingerprint density at radius 3 is 2.68 bits per heavy atom. The predicted octanol–water partition coefficient (Wildman–Crippen LogP) is 2.09. The Bertz CT molecular complexity index is 966. The third-order valence-electron chi connectivity index (χ3n) is 4.17. The van der Waals surface area contributed by atoms with Gasteiger partial charge in [0.1, 0.15) is 5.00 Å². The van der Waals surface area contributed by atoms with E-state index >= 15 is 0 Å². The lowest BCUT2D eigenvalue weighted by Gasteiger charge is -2.08. The van der Waals surface area contributed by atoms with E-state index in [4.69, 9.17) is 10.5 Å². The fourth-order valence-electron chi connectivity index (χ4n) is 3.06. The summed E-state index contributed by atoms with van der Waals surface area (Å²) in [4.78, 5) is 48.2. The minimum absolute atomic E-state index is 0.201. The number of hydrogen-bond donors (Lipinski definition) is 3. The zero-order valence-electron chi connectivity index (χ0n) is 15.2. The smallest absolute Gasteiger partial charge is 0.338 e. The molecule has 1 heterocycles. The van der Waals surface area contributed by atoms with Gasteiger partial charge in [0.2, 0.25) is 5.91 Å². The van der Waals surface area contributed by atoms with E-state index in [0.717, 1.165) is 29.7 Å². The van der Waals surface area contributed by atoms with Crippen LogP contribution in [0.5, 0.6) is 0 Å². The van der Waals surface area contributed by atoms with E-state index < -0.39 is 24.4 Å². The second-order valence-electron chi connectivity index (χ2n) is 6.31. The van der Waals surface area contributed by atoms with Gasteiger partial charge in [0, 0.05) is 17.5 Å². The Morgan fingerprint density at radius 1 is 1.18 bits per heavy atom. The van der Waals surface area contributed by atoms with E-state index in [1.54, 1.807) is 12.1 Å². The number of carbonyl (C=O) groups is 4. The summed E-state index contributed by atoms with van der Waals surface area (Å²) < 4.78 is 5.02. The molecule has 0 unspecified atom stereocenters. The van der Waals surface area contributed by atoms with Gasteiger partial charge in [-0.05, 0) is 43.0 Å². The van der Waals surface area contributed by atoms with Gasteiger partial charge in [0.05, 0.1) is 11.1 Å². The van der Waals surface area contributed by atoms with Crippen molar-refractivity contribution >= 4 is 45.7 Å². The fraction of sp³-hybridized carbons (Fsp3) is 0.263. The lowest BCUT2D eigenvalue weighted by Crippen LogP contribution is -2.22. The first kappa shape index (κ1) is 19.6. The number of benzene rings is 1. The Morgan fingerprint density at radius 2 is 1.96 bits per heavy atom. The normalized spacial score (nSPS) is 12.2. The molecule has 9 heteroatoms. The van der Waals surface area contributed by atoms with Gasteiger partial charge in [-0.25, -0.2) is 4.79 Å². The SMILES string of the molecule is CC(=O)Nc1cccc(C(=O)OCC(=O)Nc2sc3c(c2C(N)=O)CCC3)c1. The zero-order valence-corrected chi connectivity index (χ0v) is 16.0. The summed E-state index contributed by atoms with van der Waals surface area (Å²) in [5, 5.41) is 5.57. The van der Waals surface area contributed by atoms with Crippen LogP contribution in [0.2, 0.25) is 0 Å². The van der Waals surface area contributed by atoms with Crippen molar-refractivity contribution in [3.63, 3.8) is 0 Å². The number of hydrogen-bond acceptors (Lipinski definition) is 6. The van der Waals surface area contributed by atoms with Crippen molar-refractivity contribution in [3.8, 4) is 0 Å². The summed E-state index contributed by atoms with van der Waals surface area (Å²) in [6, 6.07) is 6.19. The van der Waals surface area contributed by atoms with Crippen LogP contribution in [0.1, 0.15) is 44.5 Å². The van der Waals surface area contributed by atoms with Crippen LogP contribution in [0, 0.1) is 0 Å². The summed E-state index contributed by atoms with van der Waals surface area (Å²) in [5.74, 6) is -2.11. The number of ether oxygens (including phenoxy) is 1. The van der Waals surface area contributed by atoms with Crippen molar-refractivity contribution in [2.45, 2.75) is 26.2 Å². The molecular formula is C19H19N3O5S. The Balaban J connectivity index is 1.61. The molecule has 1 aliphatic carbocycles. The molecule has 3 amide bonds. The molecule has 0 saturated heterocycles. The molecule has 0 spiro atoms. The largest absolute Gasteiger partial charge is 0.452 e. The first-order valence-corrected chi connectivity index (χ1v) is 9.45. The van der Waals surface area contributed by atoms with Gasteiger partial charge < -0.3 is 21.1 Å². The first-order chi connectivity index (χ1) is 13.3. The van der Waals surface area contributed by atoms with Crippen LogP contribution in [0.25, 0.3) is 0 Å². The van der Waals surface area contributed by atoms with Crippen LogP contribution in [0.4, 0.5) is 10.7 Å². The van der Waals surface area contributed by atoms with Gasteiger partial charge >= 0.3 is 5.97 Å². The van der Waals surface area contributed by atoms with Gasteiger partial charge in [-0.1, -0.05) is 6.07 Å². The number of nitrogens with two attached hydrogens (primary N) is 1. The number of thiophene rings is 1. The average Bonchev–Trinajstić information content (AvgIpc) is 3.19. The molecule has 0 radical (unpaired) electrons. The second kappa shape index (κ2) is 8.22. The van der Waals surface area contributed by atoms with Crippen LogP contribution >= 0.6 is 11.3 Å². The van der Waals surface area contributed by atoms with E-state index in [1.807, 2.05) is 0 Å². The number of anilines is 2. The predicted molar refractivity (Wildman–Crippen MR) is 105 cm³/mol. The van der Waals surface area contributed by atoms with Gasteiger partial charge in [-0.3, -0.25) is 14.4 Å². The molecule has 0 aliphatic heterocycles. The van der Waals surface area contributed by atoms with Crippen LogP contribution < -0.4 is 16.4 Å². The molecule has 1 aromatic heterocycles. The number of primary amides is 1. The Kier molecular flexibility index (Phi) is 5.74. The van der Waals surface area contributed by atoms with Gasteiger partial charge in [0.15, 0.2) is 6.61 Å².